The molecule has 3 nitrogen and oxygen atoms in total. The molecule has 1 heterocycles. The highest BCUT2D eigenvalue weighted by Gasteiger charge is 2.03. The minimum atomic E-state index is 0.462. The van der Waals surface area contributed by atoms with Gasteiger partial charge in [-0.1, -0.05) is 6.07 Å². The molecule has 0 spiro atoms. The van der Waals surface area contributed by atoms with Crippen molar-refractivity contribution in [2.24, 2.45) is 0 Å². The van der Waals surface area contributed by atoms with Crippen molar-refractivity contribution in [3.63, 3.8) is 0 Å². The van der Waals surface area contributed by atoms with E-state index in [2.05, 4.69) is 11.1 Å². The molecule has 0 unspecified atom stereocenters. The molecular formula is C13H6N3. The quantitative estimate of drug-likeness (QED) is 0.716. The fraction of sp³-hybridized carbons (Fsp3) is 0. The number of nitrogens with zero attached hydrogens (tertiary/aromatic N) is 3. The number of rotatable bonds is 1. The van der Waals surface area contributed by atoms with Gasteiger partial charge in [0, 0.05) is 17.8 Å². The largest absolute Gasteiger partial charge is 0.256 e. The Bertz CT molecular complexity index is 557. The molecule has 2 rings (SSSR count). The highest BCUT2D eigenvalue weighted by molar-refractivity contribution is 5.63. The van der Waals surface area contributed by atoms with Gasteiger partial charge in [-0.15, -0.1) is 0 Å². The lowest BCUT2D eigenvalue weighted by Gasteiger charge is -2.01. The van der Waals surface area contributed by atoms with Crippen molar-refractivity contribution >= 4 is 0 Å². The van der Waals surface area contributed by atoms with Crippen LogP contribution in [0.1, 0.15) is 11.1 Å². The van der Waals surface area contributed by atoms with Crippen LogP contribution in [-0.4, -0.2) is 4.98 Å². The first-order valence-corrected chi connectivity index (χ1v) is 4.61. The highest BCUT2D eigenvalue weighted by atomic mass is 14.7. The van der Waals surface area contributed by atoms with Gasteiger partial charge in [-0.05, 0) is 24.3 Å². The van der Waals surface area contributed by atoms with E-state index in [9.17, 15) is 0 Å². The Hall–Kier alpha value is -2.65. The van der Waals surface area contributed by atoms with Crippen LogP contribution in [0.3, 0.4) is 0 Å². The van der Waals surface area contributed by atoms with Crippen LogP contribution in [0.2, 0.25) is 0 Å². The fourth-order valence-electron chi connectivity index (χ4n) is 1.40. The van der Waals surface area contributed by atoms with E-state index in [0.29, 0.717) is 11.1 Å². The van der Waals surface area contributed by atoms with E-state index in [-0.39, 0.29) is 0 Å². The Morgan fingerprint density at radius 1 is 1.06 bits per heavy atom. The maximum absolute atomic E-state index is 8.84. The molecule has 0 bridgehead atoms. The number of aromatic nitrogens is 1. The van der Waals surface area contributed by atoms with Crippen molar-refractivity contribution in [1.29, 1.82) is 10.5 Å². The lowest BCUT2D eigenvalue weighted by Crippen LogP contribution is -1.86. The molecular weight excluding hydrogens is 198 g/mol. The summed E-state index contributed by atoms with van der Waals surface area (Å²) in [5.41, 5.74) is 2.42. The number of hydrogen-bond donors (Lipinski definition) is 0. The van der Waals surface area contributed by atoms with Crippen LogP contribution >= 0.6 is 0 Å². The van der Waals surface area contributed by atoms with Gasteiger partial charge in [0.2, 0.25) is 0 Å². The fourth-order valence-corrected chi connectivity index (χ4v) is 1.40. The molecule has 1 aromatic carbocycles. The zero-order chi connectivity index (χ0) is 11.4. The van der Waals surface area contributed by atoms with Crippen LogP contribution in [0.15, 0.2) is 36.5 Å². The summed E-state index contributed by atoms with van der Waals surface area (Å²) in [6.07, 6.45) is 1.56. The van der Waals surface area contributed by atoms with E-state index in [1.54, 1.807) is 36.5 Å². The molecule has 0 amide bonds. The smallest absolute Gasteiger partial charge is 0.0992 e. The number of nitriles is 2. The van der Waals surface area contributed by atoms with Gasteiger partial charge in [0.05, 0.1) is 29.0 Å². The van der Waals surface area contributed by atoms with E-state index >= 15 is 0 Å². The topological polar surface area (TPSA) is 60.5 Å². The normalized spacial score (nSPS) is 9.12. The third kappa shape index (κ3) is 1.89. The monoisotopic (exact) mass is 204 g/mol. The number of hydrogen-bond acceptors (Lipinski definition) is 3. The van der Waals surface area contributed by atoms with Crippen LogP contribution < -0.4 is 0 Å². The summed E-state index contributed by atoms with van der Waals surface area (Å²) in [5.74, 6) is 0. The summed E-state index contributed by atoms with van der Waals surface area (Å²) in [6.45, 7) is 0. The second kappa shape index (κ2) is 4.25. The Labute approximate surface area is 93.2 Å². The third-order valence-electron chi connectivity index (χ3n) is 2.10. The van der Waals surface area contributed by atoms with Gasteiger partial charge in [-0.25, -0.2) is 0 Å². The predicted octanol–water partition coefficient (Wildman–Crippen LogP) is 2.29. The van der Waals surface area contributed by atoms with Crippen molar-refractivity contribution in [2.45, 2.75) is 0 Å². The lowest BCUT2D eigenvalue weighted by molar-refractivity contribution is 1.31. The Morgan fingerprint density at radius 2 is 1.75 bits per heavy atom. The molecule has 16 heavy (non-hydrogen) atoms. The maximum Gasteiger partial charge on any atom is 0.0992 e. The molecule has 1 radical (unpaired) electrons. The van der Waals surface area contributed by atoms with E-state index in [1.807, 2.05) is 12.1 Å². The summed E-state index contributed by atoms with van der Waals surface area (Å²) in [4.78, 5) is 4.13. The average Bonchev–Trinajstić information content (AvgIpc) is 2.39. The lowest BCUT2D eigenvalue weighted by atomic mass is 10.0. The van der Waals surface area contributed by atoms with Crippen LogP contribution in [0.5, 0.6) is 0 Å². The van der Waals surface area contributed by atoms with Crippen molar-refractivity contribution in [1.82, 2.24) is 4.98 Å². The molecule has 0 saturated heterocycles. The minimum Gasteiger partial charge on any atom is -0.256 e. The summed E-state index contributed by atoms with van der Waals surface area (Å²) in [6, 6.07) is 15.4. The van der Waals surface area contributed by atoms with Gasteiger partial charge in [-0.3, -0.25) is 4.98 Å². The summed E-state index contributed by atoms with van der Waals surface area (Å²) < 4.78 is 0. The highest BCUT2D eigenvalue weighted by Crippen LogP contribution is 2.19. The molecule has 0 saturated carbocycles. The van der Waals surface area contributed by atoms with Crippen LogP contribution in [-0.2, 0) is 0 Å². The Kier molecular flexibility index (Phi) is 2.63. The van der Waals surface area contributed by atoms with Crippen LogP contribution in [0.4, 0.5) is 0 Å². The van der Waals surface area contributed by atoms with E-state index in [4.69, 9.17) is 10.5 Å². The standard InChI is InChI=1S/C13H6N3/c14-8-10-5-11(9-15)7-12(6-10)13-3-1-2-4-16-13/h1,3-7H. The first-order valence-electron chi connectivity index (χ1n) is 4.61. The summed E-state index contributed by atoms with van der Waals surface area (Å²) in [7, 11) is 0. The average molecular weight is 204 g/mol. The summed E-state index contributed by atoms with van der Waals surface area (Å²) in [5, 5.41) is 17.7. The molecule has 0 aliphatic rings. The van der Waals surface area contributed by atoms with E-state index in [1.165, 1.54) is 0 Å². The van der Waals surface area contributed by atoms with Crippen molar-refractivity contribution in [3.8, 4) is 23.4 Å². The second-order valence-electron chi connectivity index (χ2n) is 3.17. The Morgan fingerprint density at radius 3 is 2.25 bits per heavy atom. The molecule has 73 valence electrons. The van der Waals surface area contributed by atoms with E-state index < -0.39 is 0 Å². The van der Waals surface area contributed by atoms with Crippen molar-refractivity contribution in [2.75, 3.05) is 0 Å². The summed E-state index contributed by atoms with van der Waals surface area (Å²) >= 11 is 0. The van der Waals surface area contributed by atoms with Crippen molar-refractivity contribution < 1.29 is 0 Å². The maximum atomic E-state index is 8.84. The molecule has 3 heteroatoms. The Balaban J connectivity index is 2.59. The molecule has 0 N–H and O–H groups in total. The molecule has 0 aliphatic heterocycles. The molecule has 1 aromatic heterocycles. The first-order chi connectivity index (χ1) is 7.83. The SMILES string of the molecule is N#Cc1cc(C#N)cc(-c2cc[c]cn2)c1. The number of benzene rings is 1. The molecule has 2 aromatic rings. The van der Waals surface area contributed by atoms with Crippen molar-refractivity contribution in [3.05, 3.63) is 53.7 Å². The van der Waals surface area contributed by atoms with E-state index in [0.717, 1.165) is 11.3 Å². The van der Waals surface area contributed by atoms with Gasteiger partial charge in [-0.2, -0.15) is 10.5 Å². The van der Waals surface area contributed by atoms with Gasteiger partial charge < -0.3 is 0 Å². The minimum absolute atomic E-state index is 0.462. The predicted molar refractivity (Wildman–Crippen MR) is 57.9 cm³/mol. The molecule has 0 aliphatic carbocycles. The van der Waals surface area contributed by atoms with Crippen LogP contribution in [0.25, 0.3) is 11.3 Å². The number of pyridine rings is 1. The molecule has 0 fully saturated rings. The van der Waals surface area contributed by atoms with Gasteiger partial charge in [0.15, 0.2) is 0 Å². The molecule has 0 atom stereocenters. The van der Waals surface area contributed by atoms with Crippen LogP contribution in [0, 0.1) is 28.7 Å². The van der Waals surface area contributed by atoms with Gasteiger partial charge in [0.25, 0.3) is 0 Å². The third-order valence-corrected chi connectivity index (χ3v) is 2.10. The zero-order valence-corrected chi connectivity index (χ0v) is 8.31. The zero-order valence-electron chi connectivity index (χ0n) is 8.31. The second-order valence-corrected chi connectivity index (χ2v) is 3.17. The van der Waals surface area contributed by atoms with Gasteiger partial charge in [0.1, 0.15) is 0 Å². The first kappa shape index (κ1) is 9.89. The van der Waals surface area contributed by atoms with Gasteiger partial charge >= 0.3 is 0 Å².